The summed E-state index contributed by atoms with van der Waals surface area (Å²) in [6.45, 7) is 11.9. The van der Waals surface area contributed by atoms with Crippen molar-refractivity contribution >= 4 is 0 Å². The maximum Gasteiger partial charge on any atom is -0.0417 e. The maximum atomic E-state index is 2.46. The Kier molecular flexibility index (Phi) is 11.1. The van der Waals surface area contributed by atoms with Gasteiger partial charge in [-0.25, -0.2) is 0 Å². The molecule has 0 fully saturated rings. The lowest BCUT2D eigenvalue weighted by Crippen LogP contribution is -2.10. The van der Waals surface area contributed by atoms with Gasteiger partial charge in [0.15, 0.2) is 0 Å². The summed E-state index contributed by atoms with van der Waals surface area (Å²) in [5, 5.41) is 0. The third-order valence-electron chi connectivity index (χ3n) is 4.54. The van der Waals surface area contributed by atoms with E-state index in [1.54, 1.807) is 0 Å². The van der Waals surface area contributed by atoms with Gasteiger partial charge < -0.3 is 0 Å². The quantitative estimate of drug-likeness (QED) is 0.364. The van der Waals surface area contributed by atoms with Crippen molar-refractivity contribution in [3.63, 3.8) is 0 Å². The lowest BCUT2D eigenvalue weighted by atomic mass is 9.84. The van der Waals surface area contributed by atoms with Crippen molar-refractivity contribution in [2.24, 2.45) is 17.8 Å². The van der Waals surface area contributed by atoms with Crippen LogP contribution in [0, 0.1) is 17.8 Å². The molecule has 0 saturated carbocycles. The van der Waals surface area contributed by atoms with E-state index in [-0.39, 0.29) is 0 Å². The minimum atomic E-state index is 0.924. The van der Waals surface area contributed by atoms with Crippen LogP contribution in [-0.2, 0) is 0 Å². The zero-order valence-electron chi connectivity index (χ0n) is 13.1. The Balaban J connectivity index is 3.72. The molecule has 0 bridgehead atoms. The summed E-state index contributed by atoms with van der Waals surface area (Å²) < 4.78 is 0. The molecule has 0 aromatic heterocycles. The van der Waals surface area contributed by atoms with E-state index in [0.29, 0.717) is 0 Å². The van der Waals surface area contributed by atoms with Gasteiger partial charge in [-0.05, 0) is 17.8 Å². The molecule has 0 aliphatic heterocycles. The van der Waals surface area contributed by atoms with Gasteiger partial charge >= 0.3 is 0 Å². The molecule has 0 amide bonds. The van der Waals surface area contributed by atoms with Crippen LogP contribution in [0.2, 0.25) is 0 Å². The Morgan fingerprint density at radius 3 is 1.82 bits per heavy atom. The molecule has 0 heterocycles. The van der Waals surface area contributed by atoms with Crippen molar-refractivity contribution in [1.29, 1.82) is 0 Å². The van der Waals surface area contributed by atoms with E-state index < -0.39 is 0 Å². The van der Waals surface area contributed by atoms with Crippen LogP contribution in [0.3, 0.4) is 0 Å². The van der Waals surface area contributed by atoms with Crippen LogP contribution in [0.15, 0.2) is 0 Å². The topological polar surface area (TPSA) is 0 Å². The molecule has 0 saturated heterocycles. The van der Waals surface area contributed by atoms with E-state index in [4.69, 9.17) is 0 Å². The fourth-order valence-corrected chi connectivity index (χ4v) is 2.76. The molecule has 0 aliphatic carbocycles. The summed E-state index contributed by atoms with van der Waals surface area (Å²) in [7, 11) is 0. The third kappa shape index (κ3) is 8.69. The van der Waals surface area contributed by atoms with Crippen LogP contribution in [0.25, 0.3) is 0 Å². The highest BCUT2D eigenvalue weighted by Crippen LogP contribution is 2.26. The fourth-order valence-electron chi connectivity index (χ4n) is 2.76. The Labute approximate surface area is 111 Å². The van der Waals surface area contributed by atoms with Gasteiger partial charge in [-0.2, -0.15) is 0 Å². The van der Waals surface area contributed by atoms with Gasteiger partial charge in [0.25, 0.3) is 0 Å². The highest BCUT2D eigenvalue weighted by atomic mass is 14.2. The minimum Gasteiger partial charge on any atom is -0.0654 e. The normalized spacial score (nSPS) is 16.8. The molecule has 0 aromatic carbocycles. The van der Waals surface area contributed by atoms with Crippen molar-refractivity contribution < 1.29 is 0 Å². The van der Waals surface area contributed by atoms with Crippen LogP contribution >= 0.6 is 0 Å². The van der Waals surface area contributed by atoms with Gasteiger partial charge in [-0.15, -0.1) is 0 Å². The standard InChI is InChI=1S/C17H36/c1-6-9-10-12-17(8-3)14-13-16(5)15(4)11-7-2/h15-17H,6-14H2,1-5H3. The van der Waals surface area contributed by atoms with E-state index in [0.717, 1.165) is 17.8 Å². The van der Waals surface area contributed by atoms with Crippen molar-refractivity contribution in [1.82, 2.24) is 0 Å². The summed E-state index contributed by atoms with van der Waals surface area (Å²) in [5.74, 6) is 2.85. The first-order valence-electron chi connectivity index (χ1n) is 8.15. The van der Waals surface area contributed by atoms with Crippen LogP contribution in [0.4, 0.5) is 0 Å². The molecule has 3 unspecified atom stereocenters. The molecule has 0 nitrogen and oxygen atoms in total. The number of hydrogen-bond donors (Lipinski definition) is 0. The smallest absolute Gasteiger partial charge is 0.0417 e. The number of unbranched alkanes of at least 4 members (excludes halogenated alkanes) is 2. The summed E-state index contributed by atoms with van der Waals surface area (Å²) >= 11 is 0. The SMILES string of the molecule is CCCCCC(CC)CCC(C)C(C)CCC. The van der Waals surface area contributed by atoms with Gasteiger partial charge in [-0.3, -0.25) is 0 Å². The van der Waals surface area contributed by atoms with Crippen molar-refractivity contribution in [2.45, 2.75) is 92.4 Å². The van der Waals surface area contributed by atoms with Crippen molar-refractivity contribution in [3.8, 4) is 0 Å². The van der Waals surface area contributed by atoms with Gasteiger partial charge in [0.1, 0.15) is 0 Å². The molecule has 0 aliphatic rings. The average molecular weight is 240 g/mol. The first-order valence-corrected chi connectivity index (χ1v) is 8.15. The first-order chi connectivity index (χ1) is 8.15. The molecule has 0 spiro atoms. The van der Waals surface area contributed by atoms with Crippen LogP contribution < -0.4 is 0 Å². The average Bonchev–Trinajstić information content (AvgIpc) is 2.33. The predicted octanol–water partition coefficient (Wildman–Crippen LogP) is 6.45. The molecular formula is C17H36. The van der Waals surface area contributed by atoms with Crippen LogP contribution in [0.5, 0.6) is 0 Å². The molecule has 0 rings (SSSR count). The Morgan fingerprint density at radius 1 is 0.647 bits per heavy atom. The second-order valence-electron chi connectivity index (χ2n) is 6.09. The van der Waals surface area contributed by atoms with E-state index in [1.807, 2.05) is 0 Å². The van der Waals surface area contributed by atoms with Gasteiger partial charge in [0, 0.05) is 0 Å². The molecular weight excluding hydrogens is 204 g/mol. The van der Waals surface area contributed by atoms with Gasteiger partial charge in [-0.1, -0.05) is 92.4 Å². The summed E-state index contributed by atoms with van der Waals surface area (Å²) in [6, 6.07) is 0. The highest BCUT2D eigenvalue weighted by Gasteiger charge is 2.13. The highest BCUT2D eigenvalue weighted by molar-refractivity contribution is 4.65. The maximum absolute atomic E-state index is 2.46. The summed E-state index contributed by atoms with van der Waals surface area (Å²) in [6.07, 6.45) is 12.8. The molecule has 0 heteroatoms. The van der Waals surface area contributed by atoms with E-state index in [2.05, 4.69) is 34.6 Å². The van der Waals surface area contributed by atoms with E-state index >= 15 is 0 Å². The zero-order valence-corrected chi connectivity index (χ0v) is 13.1. The second kappa shape index (κ2) is 11.1. The van der Waals surface area contributed by atoms with Crippen LogP contribution in [-0.4, -0.2) is 0 Å². The molecule has 0 radical (unpaired) electrons. The van der Waals surface area contributed by atoms with Crippen molar-refractivity contribution in [2.75, 3.05) is 0 Å². The summed E-state index contributed by atoms with van der Waals surface area (Å²) in [4.78, 5) is 0. The van der Waals surface area contributed by atoms with Crippen LogP contribution in [0.1, 0.15) is 92.4 Å². The lowest BCUT2D eigenvalue weighted by Gasteiger charge is -2.22. The molecule has 0 aromatic rings. The molecule has 3 atom stereocenters. The Hall–Kier alpha value is 0. The monoisotopic (exact) mass is 240 g/mol. The van der Waals surface area contributed by atoms with E-state index in [9.17, 15) is 0 Å². The summed E-state index contributed by atoms with van der Waals surface area (Å²) in [5.41, 5.74) is 0. The Morgan fingerprint density at radius 2 is 1.29 bits per heavy atom. The number of hydrogen-bond acceptors (Lipinski definition) is 0. The van der Waals surface area contributed by atoms with E-state index in [1.165, 1.54) is 57.8 Å². The fraction of sp³-hybridized carbons (Fsp3) is 1.00. The molecule has 17 heavy (non-hydrogen) atoms. The largest absolute Gasteiger partial charge is 0.0654 e. The lowest BCUT2D eigenvalue weighted by molar-refractivity contribution is 0.297. The third-order valence-corrected chi connectivity index (χ3v) is 4.54. The van der Waals surface area contributed by atoms with Gasteiger partial charge in [0.2, 0.25) is 0 Å². The Bertz CT molecular complexity index is 150. The van der Waals surface area contributed by atoms with Crippen molar-refractivity contribution in [3.05, 3.63) is 0 Å². The molecule has 0 N–H and O–H groups in total. The molecule has 104 valence electrons. The second-order valence-corrected chi connectivity index (χ2v) is 6.09. The van der Waals surface area contributed by atoms with Gasteiger partial charge in [0.05, 0.1) is 0 Å². The predicted molar refractivity (Wildman–Crippen MR) is 80.4 cm³/mol. The minimum absolute atomic E-state index is 0.924. The zero-order chi connectivity index (χ0) is 13.1. The number of rotatable bonds is 11. The first kappa shape index (κ1) is 17.0.